The first kappa shape index (κ1) is 21.8. The smallest absolute Gasteiger partial charge is 0.171 e. The van der Waals surface area contributed by atoms with Crippen LogP contribution in [0.15, 0.2) is 71.1 Å². The molecule has 0 spiro atoms. The lowest BCUT2D eigenvalue weighted by molar-refractivity contribution is -0.118. The lowest BCUT2D eigenvalue weighted by Gasteiger charge is -2.46. The molecule has 2 aliphatic heterocycles. The molecule has 2 aromatic rings. The van der Waals surface area contributed by atoms with Crippen molar-refractivity contribution < 1.29 is 9.59 Å². The summed E-state index contributed by atoms with van der Waals surface area (Å²) in [5.41, 5.74) is 4.95. The summed E-state index contributed by atoms with van der Waals surface area (Å²) in [5.74, 6) is 0.864. The lowest BCUT2D eigenvalue weighted by Crippen LogP contribution is -2.43. The number of Topliss-reactive ketones (excluding diaryl/α,β-unsaturated/α-hetero) is 2. The van der Waals surface area contributed by atoms with Crippen LogP contribution in [0.3, 0.4) is 0 Å². The van der Waals surface area contributed by atoms with Gasteiger partial charge in [0.25, 0.3) is 0 Å². The molecule has 32 heavy (non-hydrogen) atoms. The summed E-state index contributed by atoms with van der Waals surface area (Å²) < 4.78 is 0. The van der Waals surface area contributed by atoms with Gasteiger partial charge in [0.2, 0.25) is 0 Å². The molecule has 2 aromatic carbocycles. The molecule has 0 N–H and O–H groups in total. The van der Waals surface area contributed by atoms with Crippen LogP contribution < -0.4 is 4.90 Å². The van der Waals surface area contributed by atoms with Crippen molar-refractivity contribution >= 4 is 52.2 Å². The highest BCUT2D eigenvalue weighted by atomic mass is 35.5. The van der Waals surface area contributed by atoms with E-state index in [0.29, 0.717) is 39.1 Å². The maximum absolute atomic E-state index is 13.7. The minimum absolute atomic E-state index is 0.0734. The monoisotopic (exact) mass is 483 g/mol. The molecule has 6 heteroatoms. The molecule has 0 aromatic heterocycles. The highest BCUT2D eigenvalue weighted by molar-refractivity contribution is 8.00. The molecule has 3 nitrogen and oxygen atoms in total. The molecule has 164 valence electrons. The molecule has 0 radical (unpaired) electrons. The third-order valence-corrected chi connectivity index (χ3v) is 7.94. The number of carbonyl (C=O) groups is 2. The van der Waals surface area contributed by atoms with Gasteiger partial charge >= 0.3 is 0 Å². The number of anilines is 1. The fourth-order valence-corrected chi connectivity index (χ4v) is 6.42. The van der Waals surface area contributed by atoms with E-state index in [0.717, 1.165) is 29.1 Å². The van der Waals surface area contributed by atoms with E-state index in [2.05, 4.69) is 18.7 Å². The van der Waals surface area contributed by atoms with Crippen molar-refractivity contribution in [1.29, 1.82) is 0 Å². The summed E-state index contributed by atoms with van der Waals surface area (Å²) in [5, 5.41) is 1.23. The van der Waals surface area contributed by atoms with Gasteiger partial charge in [-0.05, 0) is 47.7 Å². The minimum atomic E-state index is -0.422. The predicted molar refractivity (Wildman–Crippen MR) is 133 cm³/mol. The third kappa shape index (κ3) is 3.63. The Morgan fingerprint density at radius 3 is 2.28 bits per heavy atom. The predicted octanol–water partition coefficient (Wildman–Crippen LogP) is 6.81. The first-order valence-electron chi connectivity index (χ1n) is 10.7. The van der Waals surface area contributed by atoms with Gasteiger partial charge in [0.1, 0.15) is 0 Å². The number of nitrogens with zero attached hydrogens (tertiary/aromatic N) is 1. The van der Waals surface area contributed by atoms with Crippen LogP contribution in [0, 0.1) is 5.41 Å². The molecule has 0 saturated heterocycles. The van der Waals surface area contributed by atoms with Gasteiger partial charge in [-0.15, -0.1) is 11.8 Å². The topological polar surface area (TPSA) is 37.4 Å². The van der Waals surface area contributed by atoms with Crippen LogP contribution in [0.4, 0.5) is 5.69 Å². The Hall–Kier alpha value is -2.01. The molecule has 5 rings (SSSR count). The minimum Gasteiger partial charge on any atom is -0.316 e. The number of hydrogen-bond donors (Lipinski definition) is 0. The summed E-state index contributed by atoms with van der Waals surface area (Å²) in [7, 11) is 0. The molecule has 0 fully saturated rings. The van der Waals surface area contributed by atoms with Crippen molar-refractivity contribution in [1.82, 2.24) is 0 Å². The SMILES string of the molecule is CC1(C)CC(=O)C2=C(C1)N(c1ccc(Cl)cc1)C1=C(C(=O)CSC1)C2c1ccccc1Cl. The summed E-state index contributed by atoms with van der Waals surface area (Å²) in [6, 6.07) is 15.2. The fraction of sp³-hybridized carbons (Fsp3) is 0.308. The van der Waals surface area contributed by atoms with Crippen molar-refractivity contribution in [3.63, 3.8) is 0 Å². The summed E-state index contributed by atoms with van der Waals surface area (Å²) >= 11 is 14.4. The van der Waals surface area contributed by atoms with Crippen LogP contribution in [0.25, 0.3) is 0 Å². The first-order valence-corrected chi connectivity index (χ1v) is 12.6. The van der Waals surface area contributed by atoms with Gasteiger partial charge in [0.05, 0.1) is 5.75 Å². The van der Waals surface area contributed by atoms with Gasteiger partial charge in [0.15, 0.2) is 11.6 Å². The summed E-state index contributed by atoms with van der Waals surface area (Å²) in [6.45, 7) is 4.26. The molecule has 1 atom stereocenters. The van der Waals surface area contributed by atoms with Crippen molar-refractivity contribution in [3.8, 4) is 0 Å². The molecule has 2 heterocycles. The van der Waals surface area contributed by atoms with Gasteiger partial charge in [-0.1, -0.05) is 55.2 Å². The van der Waals surface area contributed by atoms with E-state index in [1.54, 1.807) is 11.8 Å². The third-order valence-electron chi connectivity index (χ3n) is 6.40. The number of carbonyl (C=O) groups excluding carboxylic acids is 2. The quantitative estimate of drug-likeness (QED) is 0.469. The standard InChI is InChI=1S/C26H23Cl2NO2S/c1-26(2)11-19-24(21(30)12-26)23(17-5-3-4-6-18(17)28)25-20(13-32-14-22(25)31)29(19)16-9-7-15(27)8-10-16/h3-10,23H,11-14H2,1-2H3. The van der Waals surface area contributed by atoms with E-state index < -0.39 is 5.92 Å². The van der Waals surface area contributed by atoms with Gasteiger partial charge < -0.3 is 4.90 Å². The zero-order valence-corrected chi connectivity index (χ0v) is 20.3. The van der Waals surface area contributed by atoms with Gasteiger partial charge in [-0.3, -0.25) is 9.59 Å². The van der Waals surface area contributed by atoms with Crippen LogP contribution in [-0.4, -0.2) is 23.1 Å². The number of rotatable bonds is 2. The van der Waals surface area contributed by atoms with E-state index in [1.165, 1.54) is 0 Å². The van der Waals surface area contributed by atoms with E-state index in [1.807, 2.05) is 48.5 Å². The van der Waals surface area contributed by atoms with Crippen molar-refractivity contribution in [3.05, 3.63) is 86.7 Å². The maximum atomic E-state index is 13.7. The second-order valence-electron chi connectivity index (χ2n) is 9.34. The van der Waals surface area contributed by atoms with E-state index >= 15 is 0 Å². The van der Waals surface area contributed by atoms with Crippen molar-refractivity contribution in [2.45, 2.75) is 32.6 Å². The highest BCUT2D eigenvalue weighted by Gasteiger charge is 2.47. The maximum Gasteiger partial charge on any atom is 0.171 e. The number of allylic oxidation sites excluding steroid dienone is 3. The first-order chi connectivity index (χ1) is 15.3. The molecule has 1 aliphatic carbocycles. The average molecular weight is 484 g/mol. The molecule has 0 amide bonds. The lowest BCUT2D eigenvalue weighted by atomic mass is 9.67. The molecular weight excluding hydrogens is 461 g/mol. The second kappa shape index (κ2) is 8.09. The fourth-order valence-electron chi connectivity index (χ4n) is 5.13. The van der Waals surface area contributed by atoms with Crippen LogP contribution in [0.2, 0.25) is 10.0 Å². The number of benzene rings is 2. The summed E-state index contributed by atoms with van der Waals surface area (Å²) in [6.07, 6.45) is 1.19. The van der Waals surface area contributed by atoms with Crippen molar-refractivity contribution in [2.24, 2.45) is 5.41 Å². The van der Waals surface area contributed by atoms with Gasteiger partial charge in [0, 0.05) is 56.4 Å². The molecule has 1 unspecified atom stereocenters. The Labute approximate surface area is 202 Å². The Kier molecular flexibility index (Phi) is 5.51. The highest BCUT2D eigenvalue weighted by Crippen LogP contribution is 2.53. The number of ketones is 2. The van der Waals surface area contributed by atoms with Gasteiger partial charge in [-0.25, -0.2) is 0 Å². The number of halogens is 2. The normalized spacial score (nSPS) is 22.8. The van der Waals surface area contributed by atoms with Crippen LogP contribution >= 0.6 is 35.0 Å². The Morgan fingerprint density at radius 2 is 1.56 bits per heavy atom. The molecule has 3 aliphatic rings. The van der Waals surface area contributed by atoms with Crippen LogP contribution in [-0.2, 0) is 9.59 Å². The molecule has 0 bridgehead atoms. The van der Waals surface area contributed by atoms with Crippen LogP contribution in [0.1, 0.15) is 38.2 Å². The zero-order chi connectivity index (χ0) is 22.6. The molecule has 0 saturated carbocycles. The van der Waals surface area contributed by atoms with Crippen LogP contribution in [0.5, 0.6) is 0 Å². The average Bonchev–Trinajstić information content (AvgIpc) is 2.73. The van der Waals surface area contributed by atoms with E-state index in [-0.39, 0.29) is 17.0 Å². The zero-order valence-electron chi connectivity index (χ0n) is 18.0. The van der Waals surface area contributed by atoms with Gasteiger partial charge in [-0.2, -0.15) is 0 Å². The van der Waals surface area contributed by atoms with E-state index in [9.17, 15) is 9.59 Å². The second-order valence-corrected chi connectivity index (χ2v) is 11.2. The Balaban J connectivity index is 1.82. The number of hydrogen-bond acceptors (Lipinski definition) is 4. The van der Waals surface area contributed by atoms with E-state index in [4.69, 9.17) is 23.2 Å². The Morgan fingerprint density at radius 1 is 0.875 bits per heavy atom. The number of thioether (sulfide) groups is 1. The largest absolute Gasteiger partial charge is 0.316 e. The molecular formula is C26H23Cl2NO2S. The summed E-state index contributed by atoms with van der Waals surface area (Å²) in [4.78, 5) is 29.2. The Bertz CT molecular complexity index is 1200. The van der Waals surface area contributed by atoms with Crippen molar-refractivity contribution in [2.75, 3.05) is 16.4 Å².